The Hall–Kier alpha value is -0.910. The minimum Gasteiger partial charge on any atom is -0.295 e. The van der Waals surface area contributed by atoms with E-state index in [2.05, 4.69) is 18.7 Å². The van der Waals surface area contributed by atoms with Gasteiger partial charge in [-0.15, -0.1) is 0 Å². The van der Waals surface area contributed by atoms with E-state index in [1.54, 1.807) is 16.4 Å². The lowest BCUT2D eigenvalue weighted by Gasteiger charge is -2.35. The normalized spacial score (nSPS) is 27.6. The third-order valence-corrected chi connectivity index (χ3v) is 6.46. The van der Waals surface area contributed by atoms with Crippen LogP contribution in [0.5, 0.6) is 0 Å². The van der Waals surface area contributed by atoms with Crippen LogP contribution < -0.4 is 0 Å². The van der Waals surface area contributed by atoms with Crippen LogP contribution in [-0.2, 0) is 10.0 Å². The first-order chi connectivity index (χ1) is 9.39. The SMILES string of the molecule is Cc1ccc(S(=O)(=O)N2C[C@@H]3C[C@H]2CN3C(C)C)cc1. The van der Waals surface area contributed by atoms with E-state index in [9.17, 15) is 8.42 Å². The number of likely N-dealkylation sites (tertiary alicyclic amines) is 1. The molecule has 0 spiro atoms. The van der Waals surface area contributed by atoms with Gasteiger partial charge in [0.15, 0.2) is 0 Å². The number of hydrogen-bond donors (Lipinski definition) is 0. The molecule has 3 rings (SSSR count). The maximum absolute atomic E-state index is 12.7. The van der Waals surface area contributed by atoms with E-state index in [0.29, 0.717) is 23.5 Å². The Morgan fingerprint density at radius 2 is 1.75 bits per heavy atom. The first-order valence-electron chi connectivity index (χ1n) is 7.24. The van der Waals surface area contributed by atoms with Gasteiger partial charge < -0.3 is 0 Å². The number of rotatable bonds is 3. The van der Waals surface area contributed by atoms with Gasteiger partial charge in [-0.1, -0.05) is 17.7 Å². The molecule has 1 aromatic rings. The number of sulfonamides is 1. The number of piperazine rings is 1. The van der Waals surface area contributed by atoms with Crippen LogP contribution in [-0.4, -0.2) is 48.8 Å². The molecule has 2 aliphatic rings. The minimum absolute atomic E-state index is 0.147. The molecule has 110 valence electrons. The van der Waals surface area contributed by atoms with Crippen molar-refractivity contribution in [3.8, 4) is 0 Å². The van der Waals surface area contributed by atoms with Gasteiger partial charge >= 0.3 is 0 Å². The van der Waals surface area contributed by atoms with Crippen LogP contribution in [0.1, 0.15) is 25.8 Å². The molecule has 0 amide bonds. The third kappa shape index (κ3) is 2.18. The number of nitrogens with zero attached hydrogens (tertiary/aromatic N) is 2. The summed E-state index contributed by atoms with van der Waals surface area (Å²) in [6.07, 6.45) is 0.975. The van der Waals surface area contributed by atoms with Crippen molar-refractivity contribution >= 4 is 10.0 Å². The van der Waals surface area contributed by atoms with Crippen molar-refractivity contribution in [2.75, 3.05) is 13.1 Å². The second-order valence-corrected chi connectivity index (χ2v) is 8.11. The molecule has 2 fully saturated rings. The molecule has 0 radical (unpaired) electrons. The van der Waals surface area contributed by atoms with E-state index in [1.807, 2.05) is 19.1 Å². The lowest BCUT2D eigenvalue weighted by Crippen LogP contribution is -2.50. The van der Waals surface area contributed by atoms with Gasteiger partial charge in [0, 0.05) is 31.2 Å². The van der Waals surface area contributed by atoms with E-state index in [0.717, 1.165) is 18.5 Å². The van der Waals surface area contributed by atoms with Crippen LogP contribution in [0.4, 0.5) is 0 Å². The molecular formula is C15H22N2O2S. The fourth-order valence-electron chi connectivity index (χ4n) is 3.43. The van der Waals surface area contributed by atoms with Gasteiger partial charge in [0.25, 0.3) is 0 Å². The first-order valence-corrected chi connectivity index (χ1v) is 8.68. The van der Waals surface area contributed by atoms with Crippen molar-refractivity contribution < 1.29 is 8.42 Å². The molecule has 0 saturated carbocycles. The maximum Gasteiger partial charge on any atom is 0.243 e. The maximum atomic E-state index is 12.7. The zero-order valence-electron chi connectivity index (χ0n) is 12.3. The molecule has 0 aromatic heterocycles. The Kier molecular flexibility index (Phi) is 3.39. The molecule has 2 saturated heterocycles. The number of benzene rings is 1. The van der Waals surface area contributed by atoms with E-state index in [4.69, 9.17) is 0 Å². The second kappa shape index (κ2) is 4.83. The van der Waals surface area contributed by atoms with Gasteiger partial charge in [-0.05, 0) is 39.3 Å². The van der Waals surface area contributed by atoms with Gasteiger partial charge in [-0.3, -0.25) is 4.90 Å². The summed E-state index contributed by atoms with van der Waals surface area (Å²) in [5.74, 6) is 0. The van der Waals surface area contributed by atoms with Crippen LogP contribution in [0.25, 0.3) is 0 Å². The average Bonchev–Trinajstić information content (AvgIpc) is 2.99. The molecule has 4 nitrogen and oxygen atoms in total. The lowest BCUT2D eigenvalue weighted by atomic mass is 10.2. The molecule has 0 aliphatic carbocycles. The summed E-state index contributed by atoms with van der Waals surface area (Å²) in [5.41, 5.74) is 1.08. The Labute approximate surface area is 121 Å². The molecule has 5 heteroatoms. The molecule has 20 heavy (non-hydrogen) atoms. The highest BCUT2D eigenvalue weighted by molar-refractivity contribution is 7.89. The van der Waals surface area contributed by atoms with Crippen molar-refractivity contribution in [2.45, 2.75) is 50.2 Å². The quantitative estimate of drug-likeness (QED) is 0.854. The van der Waals surface area contributed by atoms with Crippen LogP contribution in [0.2, 0.25) is 0 Å². The minimum atomic E-state index is -3.33. The van der Waals surface area contributed by atoms with Crippen molar-refractivity contribution in [1.29, 1.82) is 0 Å². The zero-order chi connectivity index (χ0) is 14.5. The van der Waals surface area contributed by atoms with Crippen LogP contribution >= 0.6 is 0 Å². The lowest BCUT2D eigenvalue weighted by molar-refractivity contribution is 0.146. The predicted molar refractivity (Wildman–Crippen MR) is 79.1 cm³/mol. The zero-order valence-corrected chi connectivity index (χ0v) is 13.1. The summed E-state index contributed by atoms with van der Waals surface area (Å²) in [4.78, 5) is 2.85. The summed E-state index contributed by atoms with van der Waals surface area (Å²) in [6, 6.07) is 8.19. The van der Waals surface area contributed by atoms with Gasteiger partial charge in [0.1, 0.15) is 0 Å². The summed E-state index contributed by atoms with van der Waals surface area (Å²) >= 11 is 0. The standard InChI is InChI=1S/C15H22N2O2S/c1-11(2)16-9-14-8-13(16)10-17(14)20(18,19)15-6-4-12(3)5-7-15/h4-7,11,13-14H,8-10H2,1-3H3/t13-,14-/m0/s1. The van der Waals surface area contributed by atoms with Gasteiger partial charge in [-0.2, -0.15) is 4.31 Å². The smallest absolute Gasteiger partial charge is 0.243 e. The predicted octanol–water partition coefficient (Wildman–Crippen LogP) is 1.85. The van der Waals surface area contributed by atoms with Crippen molar-refractivity contribution in [2.24, 2.45) is 0 Å². The van der Waals surface area contributed by atoms with Crippen molar-refractivity contribution in [3.63, 3.8) is 0 Å². The van der Waals surface area contributed by atoms with Crippen molar-refractivity contribution in [3.05, 3.63) is 29.8 Å². The van der Waals surface area contributed by atoms with Crippen LogP contribution in [0.15, 0.2) is 29.2 Å². The van der Waals surface area contributed by atoms with E-state index < -0.39 is 10.0 Å². The average molecular weight is 294 g/mol. The van der Waals surface area contributed by atoms with Gasteiger partial charge in [0.05, 0.1) is 4.90 Å². The fraction of sp³-hybridized carbons (Fsp3) is 0.600. The number of hydrogen-bond acceptors (Lipinski definition) is 3. The van der Waals surface area contributed by atoms with E-state index >= 15 is 0 Å². The topological polar surface area (TPSA) is 40.6 Å². The van der Waals surface area contributed by atoms with Gasteiger partial charge in [-0.25, -0.2) is 8.42 Å². The Balaban J connectivity index is 1.83. The fourth-order valence-corrected chi connectivity index (χ4v) is 5.10. The molecule has 0 N–H and O–H groups in total. The van der Waals surface area contributed by atoms with Crippen LogP contribution in [0.3, 0.4) is 0 Å². The highest BCUT2D eigenvalue weighted by Gasteiger charge is 2.48. The molecule has 2 aliphatic heterocycles. The number of fused-ring (bicyclic) bond motifs is 2. The van der Waals surface area contributed by atoms with Crippen molar-refractivity contribution in [1.82, 2.24) is 9.21 Å². The summed E-state index contributed by atoms with van der Waals surface area (Å²) in [6.45, 7) is 7.83. The second-order valence-electron chi connectivity index (χ2n) is 6.22. The summed E-state index contributed by atoms with van der Waals surface area (Å²) < 4.78 is 27.1. The Bertz CT molecular complexity index is 595. The monoisotopic (exact) mass is 294 g/mol. The van der Waals surface area contributed by atoms with E-state index in [1.165, 1.54) is 0 Å². The summed E-state index contributed by atoms with van der Waals surface area (Å²) in [7, 11) is -3.33. The molecule has 2 bridgehead atoms. The van der Waals surface area contributed by atoms with E-state index in [-0.39, 0.29) is 6.04 Å². The molecular weight excluding hydrogens is 272 g/mol. The Morgan fingerprint density at radius 3 is 2.25 bits per heavy atom. The third-order valence-electron chi connectivity index (χ3n) is 4.52. The van der Waals surface area contributed by atoms with Crippen LogP contribution in [0, 0.1) is 6.92 Å². The number of aryl methyl sites for hydroxylation is 1. The van der Waals surface area contributed by atoms with Gasteiger partial charge in [0.2, 0.25) is 10.0 Å². The molecule has 0 unspecified atom stereocenters. The molecule has 2 heterocycles. The highest BCUT2D eigenvalue weighted by atomic mass is 32.2. The molecule has 2 atom stereocenters. The molecule has 1 aromatic carbocycles. The summed E-state index contributed by atoms with van der Waals surface area (Å²) in [5, 5.41) is 0. The largest absolute Gasteiger partial charge is 0.295 e. The Morgan fingerprint density at radius 1 is 1.10 bits per heavy atom. The highest BCUT2D eigenvalue weighted by Crippen LogP contribution is 2.35. The first kappa shape index (κ1) is 14.0.